The molecule has 216 valence electrons. The molecule has 2 fully saturated rings. The zero-order valence-electron chi connectivity index (χ0n) is 24.2. The molecule has 2 heterocycles. The van der Waals surface area contributed by atoms with Crippen molar-refractivity contribution in [3.05, 3.63) is 60.2 Å². The second-order valence-corrected chi connectivity index (χ2v) is 11.5. The van der Waals surface area contributed by atoms with Gasteiger partial charge >= 0.3 is 6.09 Å². The lowest BCUT2D eigenvalue weighted by molar-refractivity contribution is -0.131. The van der Waals surface area contributed by atoms with Crippen LogP contribution in [-0.2, 0) is 9.53 Å². The predicted molar refractivity (Wildman–Crippen MR) is 155 cm³/mol. The molecule has 0 spiro atoms. The Kier molecular flexibility index (Phi) is 9.68. The van der Waals surface area contributed by atoms with E-state index < -0.39 is 5.60 Å². The molecule has 0 N–H and O–H groups in total. The van der Waals surface area contributed by atoms with Crippen LogP contribution in [0.2, 0.25) is 0 Å². The lowest BCUT2D eigenvalue weighted by atomic mass is 9.96. The molecule has 40 heavy (non-hydrogen) atoms. The average Bonchev–Trinajstić information content (AvgIpc) is 2.96. The molecule has 9 heteroatoms. The standard InChI is InChI=1S/C31H42N4O5/c1-31(2,3)40-30(38)34-16-14-24(15-17-34)22-32-18-20-33(21-19-32)28(36)23-35(26-8-6-5-7-9-26)29(37)25-10-12-27(39-4)13-11-25/h5-13,24H,14-23H2,1-4H3. The fraction of sp³-hybridized carbons (Fsp3) is 0.516. The molecule has 9 nitrogen and oxygen atoms in total. The first-order valence-electron chi connectivity index (χ1n) is 14.1. The molecule has 2 aliphatic rings. The van der Waals surface area contributed by atoms with Crippen LogP contribution in [0.15, 0.2) is 54.6 Å². The van der Waals surface area contributed by atoms with E-state index in [9.17, 15) is 14.4 Å². The first-order valence-corrected chi connectivity index (χ1v) is 14.1. The van der Waals surface area contributed by atoms with Crippen LogP contribution in [0.3, 0.4) is 0 Å². The van der Waals surface area contributed by atoms with E-state index in [-0.39, 0.29) is 24.5 Å². The van der Waals surface area contributed by atoms with Gasteiger partial charge in [0.05, 0.1) is 7.11 Å². The molecule has 0 radical (unpaired) electrons. The van der Waals surface area contributed by atoms with Gasteiger partial charge in [0.15, 0.2) is 0 Å². The summed E-state index contributed by atoms with van der Waals surface area (Å²) in [6.45, 7) is 10.9. The van der Waals surface area contributed by atoms with Crippen LogP contribution in [0.25, 0.3) is 0 Å². The number of carbonyl (C=O) groups excluding carboxylic acids is 3. The average molecular weight is 551 g/mol. The molecule has 0 aromatic heterocycles. The molecular weight excluding hydrogens is 508 g/mol. The maximum Gasteiger partial charge on any atom is 0.410 e. The Balaban J connectivity index is 1.28. The van der Waals surface area contributed by atoms with Crippen molar-refractivity contribution in [2.75, 3.05) is 64.4 Å². The normalized spacial score (nSPS) is 16.9. The SMILES string of the molecule is COc1ccc(C(=O)N(CC(=O)N2CCN(CC3CCN(C(=O)OC(C)(C)C)CC3)CC2)c2ccccc2)cc1. The van der Waals surface area contributed by atoms with Crippen molar-refractivity contribution in [3.63, 3.8) is 0 Å². The number of anilines is 1. The van der Waals surface area contributed by atoms with Crippen LogP contribution in [0.1, 0.15) is 44.0 Å². The minimum absolute atomic E-state index is 0.0159. The zero-order valence-corrected chi connectivity index (χ0v) is 24.2. The Morgan fingerprint density at radius 2 is 1.48 bits per heavy atom. The fourth-order valence-electron chi connectivity index (χ4n) is 5.18. The van der Waals surface area contributed by atoms with Crippen molar-refractivity contribution >= 4 is 23.6 Å². The van der Waals surface area contributed by atoms with Crippen molar-refractivity contribution in [1.82, 2.24) is 14.7 Å². The lowest BCUT2D eigenvalue weighted by Crippen LogP contribution is -2.53. The van der Waals surface area contributed by atoms with E-state index in [1.807, 2.05) is 60.9 Å². The number of amides is 3. The molecule has 3 amide bonds. The summed E-state index contributed by atoms with van der Waals surface area (Å²) in [6, 6.07) is 16.3. The number of para-hydroxylation sites is 1. The summed E-state index contributed by atoms with van der Waals surface area (Å²) >= 11 is 0. The largest absolute Gasteiger partial charge is 0.497 e. The summed E-state index contributed by atoms with van der Waals surface area (Å²) in [5, 5.41) is 0. The highest BCUT2D eigenvalue weighted by atomic mass is 16.6. The van der Waals surface area contributed by atoms with Crippen LogP contribution in [-0.4, -0.2) is 97.7 Å². The van der Waals surface area contributed by atoms with Crippen LogP contribution in [0.5, 0.6) is 5.75 Å². The number of hydrogen-bond donors (Lipinski definition) is 0. The van der Waals surface area contributed by atoms with E-state index >= 15 is 0 Å². The van der Waals surface area contributed by atoms with E-state index in [1.165, 1.54) is 0 Å². The number of likely N-dealkylation sites (tertiary alicyclic amines) is 1. The third kappa shape index (κ3) is 7.97. The first-order chi connectivity index (χ1) is 19.1. The highest BCUT2D eigenvalue weighted by Crippen LogP contribution is 2.22. The van der Waals surface area contributed by atoms with E-state index in [0.29, 0.717) is 36.0 Å². The van der Waals surface area contributed by atoms with Gasteiger partial charge in [0.1, 0.15) is 17.9 Å². The van der Waals surface area contributed by atoms with Crippen molar-refractivity contribution in [3.8, 4) is 5.75 Å². The molecule has 0 aliphatic carbocycles. The maximum absolute atomic E-state index is 13.4. The highest BCUT2D eigenvalue weighted by Gasteiger charge is 2.30. The third-order valence-electron chi connectivity index (χ3n) is 7.45. The molecule has 2 aliphatic heterocycles. The maximum atomic E-state index is 13.4. The second kappa shape index (κ2) is 13.2. The third-order valence-corrected chi connectivity index (χ3v) is 7.45. The molecule has 2 saturated heterocycles. The quantitative estimate of drug-likeness (QED) is 0.516. The van der Waals surface area contributed by atoms with Gasteiger partial charge in [-0.05, 0) is 75.9 Å². The molecule has 2 aromatic carbocycles. The minimum atomic E-state index is -0.480. The smallest absolute Gasteiger partial charge is 0.410 e. The Bertz CT molecular complexity index is 1130. The fourth-order valence-corrected chi connectivity index (χ4v) is 5.18. The zero-order chi connectivity index (χ0) is 28.7. The number of methoxy groups -OCH3 is 1. The molecule has 0 saturated carbocycles. The molecular formula is C31H42N4O5. The van der Waals surface area contributed by atoms with Crippen LogP contribution >= 0.6 is 0 Å². The van der Waals surface area contributed by atoms with Crippen LogP contribution in [0, 0.1) is 5.92 Å². The van der Waals surface area contributed by atoms with Gasteiger partial charge in [0, 0.05) is 57.1 Å². The molecule has 0 unspecified atom stereocenters. The van der Waals surface area contributed by atoms with E-state index in [4.69, 9.17) is 9.47 Å². The van der Waals surface area contributed by atoms with Crippen molar-refractivity contribution < 1.29 is 23.9 Å². The van der Waals surface area contributed by atoms with Crippen LogP contribution in [0.4, 0.5) is 10.5 Å². The summed E-state index contributed by atoms with van der Waals surface area (Å²) in [5.74, 6) is 0.913. The monoisotopic (exact) mass is 550 g/mol. The highest BCUT2D eigenvalue weighted by molar-refractivity contribution is 6.08. The van der Waals surface area contributed by atoms with Gasteiger partial charge in [-0.25, -0.2) is 4.79 Å². The molecule has 4 rings (SSSR count). The first kappa shape index (κ1) is 29.4. The number of nitrogens with zero attached hydrogens (tertiary/aromatic N) is 4. The summed E-state index contributed by atoms with van der Waals surface area (Å²) in [7, 11) is 1.58. The number of rotatable bonds is 7. The van der Waals surface area contributed by atoms with Gasteiger partial charge in [-0.3, -0.25) is 19.4 Å². The van der Waals surface area contributed by atoms with E-state index in [0.717, 1.165) is 45.6 Å². The molecule has 0 atom stereocenters. The van der Waals surface area contributed by atoms with Gasteiger partial charge in [-0.2, -0.15) is 0 Å². The Hall–Kier alpha value is -3.59. The van der Waals surface area contributed by atoms with E-state index in [1.54, 1.807) is 36.3 Å². The summed E-state index contributed by atoms with van der Waals surface area (Å²) < 4.78 is 10.7. The Morgan fingerprint density at radius 1 is 0.850 bits per heavy atom. The van der Waals surface area contributed by atoms with Crippen molar-refractivity contribution in [2.45, 2.75) is 39.2 Å². The number of carbonyl (C=O) groups is 3. The van der Waals surface area contributed by atoms with Gasteiger partial charge in [-0.15, -0.1) is 0 Å². The van der Waals surface area contributed by atoms with Crippen molar-refractivity contribution in [2.24, 2.45) is 5.92 Å². The summed E-state index contributed by atoms with van der Waals surface area (Å²) in [4.78, 5) is 46.8. The minimum Gasteiger partial charge on any atom is -0.497 e. The Labute approximate surface area is 237 Å². The van der Waals surface area contributed by atoms with Crippen LogP contribution < -0.4 is 9.64 Å². The van der Waals surface area contributed by atoms with E-state index in [2.05, 4.69) is 4.90 Å². The Morgan fingerprint density at radius 3 is 2.05 bits per heavy atom. The number of hydrogen-bond acceptors (Lipinski definition) is 6. The predicted octanol–water partition coefficient (Wildman–Crippen LogP) is 4.13. The van der Waals surface area contributed by atoms with Crippen molar-refractivity contribution in [1.29, 1.82) is 0 Å². The summed E-state index contributed by atoms with van der Waals surface area (Å²) in [5.41, 5.74) is 0.708. The number of piperidine rings is 1. The van der Waals surface area contributed by atoms with Gasteiger partial charge < -0.3 is 19.3 Å². The van der Waals surface area contributed by atoms with Gasteiger partial charge in [-0.1, -0.05) is 18.2 Å². The van der Waals surface area contributed by atoms with Gasteiger partial charge in [0.25, 0.3) is 5.91 Å². The lowest BCUT2D eigenvalue weighted by Gasteiger charge is -2.39. The molecule has 0 bridgehead atoms. The topological polar surface area (TPSA) is 82.6 Å². The number of benzene rings is 2. The number of ether oxygens (including phenoxy) is 2. The van der Waals surface area contributed by atoms with Gasteiger partial charge in [0.2, 0.25) is 5.91 Å². The number of piperazine rings is 1. The summed E-state index contributed by atoms with van der Waals surface area (Å²) in [6.07, 6.45) is 1.68. The second-order valence-electron chi connectivity index (χ2n) is 11.5. The molecule has 2 aromatic rings.